The molecule has 8 atom stereocenters. The molecule has 0 radical (unpaired) electrons. The maximum Gasteiger partial charge on any atom is 0.334 e. The highest BCUT2D eigenvalue weighted by molar-refractivity contribution is 5.90. The smallest absolute Gasteiger partial charge is 0.334 e. The van der Waals surface area contributed by atoms with Gasteiger partial charge in [0.25, 0.3) is 0 Å². The Labute approximate surface area is 323 Å². The summed E-state index contributed by atoms with van der Waals surface area (Å²) in [4.78, 5) is 11.8. The molecule has 3 aliphatic rings. The van der Waals surface area contributed by atoms with Crippen LogP contribution in [0, 0.1) is 0 Å². The second kappa shape index (κ2) is 29.2. The van der Waals surface area contributed by atoms with Gasteiger partial charge in [-0.1, -0.05) is 96.8 Å². The van der Waals surface area contributed by atoms with Crippen molar-refractivity contribution >= 4 is 5.97 Å². The SMILES string of the molecule is CCCCCCCCCC[C@@H](OCOC)[C@H]1CC[C@H]([C@H]2CC[C@H]([C@@H](CCCC[C@H](CCCCCCCC3=C[C@H](C)OC3=O)OCOC)OCOC)O2)O1. The number of rotatable bonds is 34. The summed E-state index contributed by atoms with van der Waals surface area (Å²) in [7, 11) is 5.05. The fourth-order valence-corrected chi connectivity index (χ4v) is 8.24. The lowest BCUT2D eigenvalue weighted by molar-refractivity contribution is -0.158. The van der Waals surface area contributed by atoms with Crippen LogP contribution in [0.5, 0.6) is 0 Å². The Morgan fingerprint density at radius 1 is 0.604 bits per heavy atom. The Balaban J connectivity index is 1.34. The van der Waals surface area contributed by atoms with Crippen LogP contribution in [0.25, 0.3) is 0 Å². The lowest BCUT2D eigenvalue weighted by Gasteiger charge is -2.27. The third-order valence-corrected chi connectivity index (χ3v) is 11.2. The average Bonchev–Trinajstić information content (AvgIpc) is 3.92. The highest BCUT2D eigenvalue weighted by Gasteiger charge is 2.42. The minimum atomic E-state index is -0.137. The summed E-state index contributed by atoms with van der Waals surface area (Å²) in [6, 6.07) is 0. The molecule has 0 saturated carbocycles. The number of hydrogen-bond acceptors (Lipinski definition) is 10. The maximum absolute atomic E-state index is 11.8. The van der Waals surface area contributed by atoms with Crippen LogP contribution in [0.1, 0.15) is 168 Å². The van der Waals surface area contributed by atoms with E-state index in [4.69, 9.17) is 42.6 Å². The Morgan fingerprint density at radius 2 is 1.06 bits per heavy atom. The monoisotopic (exact) mass is 755 g/mol. The molecule has 3 rings (SSSR count). The van der Waals surface area contributed by atoms with Crippen LogP contribution in [0.2, 0.25) is 0 Å². The largest absolute Gasteiger partial charge is 0.455 e. The van der Waals surface area contributed by atoms with Crippen molar-refractivity contribution in [3.05, 3.63) is 11.6 Å². The first-order chi connectivity index (χ1) is 26.0. The fourth-order valence-electron chi connectivity index (χ4n) is 8.24. The molecule has 3 heterocycles. The van der Waals surface area contributed by atoms with E-state index in [1.54, 1.807) is 21.3 Å². The molecule has 0 bridgehead atoms. The van der Waals surface area contributed by atoms with Crippen molar-refractivity contribution in [3.8, 4) is 0 Å². The van der Waals surface area contributed by atoms with Crippen LogP contribution in [-0.4, -0.2) is 96.5 Å². The van der Waals surface area contributed by atoms with Gasteiger partial charge in [0.1, 0.15) is 26.5 Å². The Bertz CT molecular complexity index is 946. The van der Waals surface area contributed by atoms with Gasteiger partial charge in [-0.3, -0.25) is 0 Å². The number of esters is 1. The van der Waals surface area contributed by atoms with Crippen LogP contribution in [0.15, 0.2) is 11.6 Å². The van der Waals surface area contributed by atoms with E-state index in [0.717, 1.165) is 95.5 Å². The van der Waals surface area contributed by atoms with Gasteiger partial charge < -0.3 is 42.6 Å². The molecule has 310 valence electrons. The van der Waals surface area contributed by atoms with Crippen molar-refractivity contribution in [2.24, 2.45) is 0 Å². The number of ether oxygens (including phenoxy) is 9. The topological polar surface area (TPSA) is 100 Å². The van der Waals surface area contributed by atoms with Gasteiger partial charge >= 0.3 is 5.97 Å². The predicted octanol–water partition coefficient (Wildman–Crippen LogP) is 9.74. The highest BCUT2D eigenvalue weighted by atomic mass is 16.7. The number of methoxy groups -OCH3 is 3. The highest BCUT2D eigenvalue weighted by Crippen LogP contribution is 2.36. The Hall–Kier alpha value is -1.11. The fraction of sp³-hybridized carbons (Fsp3) is 0.930. The molecule has 10 nitrogen and oxygen atoms in total. The third kappa shape index (κ3) is 19.1. The van der Waals surface area contributed by atoms with Crippen LogP contribution >= 0.6 is 0 Å². The molecule has 53 heavy (non-hydrogen) atoms. The average molecular weight is 755 g/mol. The van der Waals surface area contributed by atoms with E-state index < -0.39 is 0 Å². The molecule has 0 amide bonds. The predicted molar refractivity (Wildman–Crippen MR) is 208 cm³/mol. The van der Waals surface area contributed by atoms with Crippen molar-refractivity contribution in [3.63, 3.8) is 0 Å². The zero-order valence-electron chi connectivity index (χ0n) is 34.4. The summed E-state index contributed by atoms with van der Waals surface area (Å²) in [5.41, 5.74) is 0.845. The van der Waals surface area contributed by atoms with Crippen LogP contribution in [0.4, 0.5) is 0 Å². The van der Waals surface area contributed by atoms with Crippen molar-refractivity contribution < 1.29 is 47.4 Å². The van der Waals surface area contributed by atoms with E-state index in [1.807, 2.05) is 13.0 Å². The zero-order chi connectivity index (χ0) is 37.9. The molecule has 0 aromatic rings. The standard InChI is InChI=1S/C43H78O10/c1-6-7-8-9-10-11-15-18-24-37(49-32-46-4)39-26-28-41(52-39)42-29-27-40(53-42)38(50-33-47-5)25-20-19-23-36(48-31-45-3)22-17-14-12-13-16-21-35-30-34(2)51-43(35)44/h30,34,36-42H,6-29,31-33H2,1-5H3/t34-,36-,37+,38+,39+,40+,41+,42+/m0/s1. The molecule has 2 fully saturated rings. The van der Waals surface area contributed by atoms with Gasteiger partial charge in [0.2, 0.25) is 0 Å². The molecule has 0 N–H and O–H groups in total. The Morgan fingerprint density at radius 3 is 1.57 bits per heavy atom. The summed E-state index contributed by atoms with van der Waals surface area (Å²) in [5, 5.41) is 0. The van der Waals surface area contributed by atoms with Gasteiger partial charge in [-0.15, -0.1) is 0 Å². The Kier molecular flexibility index (Phi) is 25.5. The van der Waals surface area contributed by atoms with Crippen LogP contribution < -0.4 is 0 Å². The number of carbonyl (C=O) groups excluding carboxylic acids is 1. The quantitative estimate of drug-likeness (QED) is 0.0359. The molecule has 0 spiro atoms. The maximum atomic E-state index is 11.8. The molecular formula is C43H78O10. The van der Waals surface area contributed by atoms with Crippen LogP contribution in [-0.2, 0) is 47.4 Å². The molecule has 0 unspecified atom stereocenters. The van der Waals surface area contributed by atoms with Crippen LogP contribution in [0.3, 0.4) is 0 Å². The van der Waals surface area contributed by atoms with Gasteiger partial charge in [-0.25, -0.2) is 4.79 Å². The molecular weight excluding hydrogens is 676 g/mol. The summed E-state index contributed by atoms with van der Waals surface area (Å²) < 4.78 is 52.8. The molecule has 0 aromatic carbocycles. The van der Waals surface area contributed by atoms with Gasteiger partial charge in [0.05, 0.1) is 42.7 Å². The molecule has 3 aliphatic heterocycles. The normalized spacial score (nSPS) is 24.8. The second-order valence-corrected chi connectivity index (χ2v) is 15.7. The number of unbranched alkanes of at least 4 members (excludes halogenated alkanes) is 12. The van der Waals surface area contributed by atoms with Crippen molar-refractivity contribution in [2.45, 2.75) is 217 Å². The van der Waals surface area contributed by atoms with E-state index in [1.165, 1.54) is 64.2 Å². The molecule has 2 saturated heterocycles. The zero-order valence-corrected chi connectivity index (χ0v) is 34.4. The van der Waals surface area contributed by atoms with Crippen molar-refractivity contribution in [1.82, 2.24) is 0 Å². The molecule has 0 aliphatic carbocycles. The van der Waals surface area contributed by atoms with E-state index in [2.05, 4.69) is 6.92 Å². The lowest BCUT2D eigenvalue weighted by atomic mass is 9.99. The van der Waals surface area contributed by atoms with E-state index >= 15 is 0 Å². The number of carbonyl (C=O) groups is 1. The minimum Gasteiger partial charge on any atom is -0.455 e. The van der Waals surface area contributed by atoms with E-state index in [0.29, 0.717) is 13.6 Å². The van der Waals surface area contributed by atoms with Crippen molar-refractivity contribution in [2.75, 3.05) is 41.7 Å². The van der Waals surface area contributed by atoms with E-state index in [-0.39, 0.29) is 61.6 Å². The minimum absolute atomic E-state index is 0.000292. The second-order valence-electron chi connectivity index (χ2n) is 15.7. The van der Waals surface area contributed by atoms with Gasteiger partial charge in [0, 0.05) is 26.9 Å². The summed E-state index contributed by atoms with van der Waals surface area (Å²) in [5.74, 6) is -0.137. The molecule has 0 aromatic heterocycles. The third-order valence-electron chi connectivity index (χ3n) is 11.2. The summed E-state index contributed by atoms with van der Waals surface area (Å²) >= 11 is 0. The van der Waals surface area contributed by atoms with E-state index in [9.17, 15) is 4.79 Å². The first-order valence-corrected chi connectivity index (χ1v) is 21.5. The molecule has 10 heteroatoms. The van der Waals surface area contributed by atoms with Crippen molar-refractivity contribution in [1.29, 1.82) is 0 Å². The lowest BCUT2D eigenvalue weighted by Crippen LogP contribution is -2.35. The number of hydrogen-bond donors (Lipinski definition) is 0. The first-order valence-electron chi connectivity index (χ1n) is 21.5. The van der Waals surface area contributed by atoms with Gasteiger partial charge in [-0.2, -0.15) is 0 Å². The summed E-state index contributed by atoms with van der Waals surface area (Å²) in [6.07, 6.45) is 29.5. The summed E-state index contributed by atoms with van der Waals surface area (Å²) in [6.45, 7) is 5.09. The van der Waals surface area contributed by atoms with Gasteiger partial charge in [-0.05, 0) is 77.2 Å². The number of cyclic esters (lactones) is 1. The first kappa shape index (κ1) is 46.3. The van der Waals surface area contributed by atoms with Gasteiger partial charge in [0.15, 0.2) is 0 Å².